The van der Waals surface area contributed by atoms with E-state index >= 15 is 0 Å². The molecule has 12 heteroatoms. The lowest BCUT2D eigenvalue weighted by Crippen LogP contribution is -2.51. The molecule has 32 heavy (non-hydrogen) atoms. The van der Waals surface area contributed by atoms with Crippen LogP contribution < -0.4 is 10.2 Å². The van der Waals surface area contributed by atoms with Crippen molar-refractivity contribution in [2.24, 2.45) is 5.92 Å². The van der Waals surface area contributed by atoms with Crippen LogP contribution in [-0.4, -0.2) is 74.5 Å². The summed E-state index contributed by atoms with van der Waals surface area (Å²) in [5.74, 6) is 0.681. The van der Waals surface area contributed by atoms with Gasteiger partial charge >= 0.3 is 0 Å². The molecular weight excluding hydrogens is 425 g/mol. The SMILES string of the molecule is O=C(Nc1cn[nH]c1C(F)F)c1cnn2ccc(N3CCC(CN4CC(F)C4)CC3)nc12. The highest BCUT2D eigenvalue weighted by Crippen LogP contribution is 2.27. The number of carbonyl (C=O) groups excluding carboxylic acids is 1. The van der Waals surface area contributed by atoms with Gasteiger partial charge in [0, 0.05) is 38.9 Å². The Morgan fingerprint density at radius 3 is 2.75 bits per heavy atom. The lowest BCUT2D eigenvalue weighted by atomic mass is 9.95. The number of nitrogens with one attached hydrogen (secondary N) is 2. The molecule has 2 N–H and O–H groups in total. The maximum absolute atomic E-state index is 13.0. The van der Waals surface area contributed by atoms with Gasteiger partial charge in [0.1, 0.15) is 23.2 Å². The Bertz CT molecular complexity index is 1100. The number of fused-ring (bicyclic) bond motifs is 1. The smallest absolute Gasteiger partial charge is 0.281 e. The van der Waals surface area contributed by atoms with Gasteiger partial charge < -0.3 is 10.2 Å². The molecule has 5 rings (SSSR count). The summed E-state index contributed by atoms with van der Waals surface area (Å²) in [6.07, 6.45) is 2.74. The van der Waals surface area contributed by atoms with Crippen LogP contribution in [-0.2, 0) is 0 Å². The van der Waals surface area contributed by atoms with E-state index in [1.807, 2.05) is 6.07 Å². The number of likely N-dealkylation sites (tertiary alicyclic amines) is 1. The average Bonchev–Trinajstić information content (AvgIpc) is 3.39. The monoisotopic (exact) mass is 448 g/mol. The number of halogens is 3. The molecule has 0 bridgehead atoms. The Kier molecular flexibility index (Phi) is 5.45. The van der Waals surface area contributed by atoms with Crippen LogP contribution in [0.4, 0.5) is 24.7 Å². The van der Waals surface area contributed by atoms with Crippen LogP contribution in [0.3, 0.4) is 0 Å². The van der Waals surface area contributed by atoms with E-state index in [2.05, 4.69) is 35.4 Å². The van der Waals surface area contributed by atoms with Gasteiger partial charge in [-0.2, -0.15) is 10.2 Å². The van der Waals surface area contributed by atoms with Crippen LogP contribution >= 0.6 is 0 Å². The number of aromatic nitrogens is 5. The van der Waals surface area contributed by atoms with Gasteiger partial charge in [0.2, 0.25) is 0 Å². The maximum Gasteiger partial charge on any atom is 0.281 e. The third kappa shape index (κ3) is 4.01. The first-order valence-electron chi connectivity index (χ1n) is 10.6. The molecule has 1 amide bonds. The van der Waals surface area contributed by atoms with Gasteiger partial charge in [0.05, 0.1) is 18.1 Å². The van der Waals surface area contributed by atoms with Crippen LogP contribution in [0.25, 0.3) is 5.65 Å². The molecule has 170 valence electrons. The number of amides is 1. The zero-order valence-corrected chi connectivity index (χ0v) is 17.2. The number of piperidine rings is 1. The first kappa shape index (κ1) is 20.7. The summed E-state index contributed by atoms with van der Waals surface area (Å²) in [5, 5.41) is 12.4. The highest BCUT2D eigenvalue weighted by atomic mass is 19.3. The molecule has 2 aliphatic heterocycles. The van der Waals surface area contributed by atoms with Crippen LogP contribution in [0.5, 0.6) is 0 Å². The van der Waals surface area contributed by atoms with Crippen molar-refractivity contribution in [1.82, 2.24) is 29.7 Å². The second-order valence-electron chi connectivity index (χ2n) is 8.31. The van der Waals surface area contributed by atoms with Gasteiger partial charge in [-0.25, -0.2) is 22.7 Å². The van der Waals surface area contributed by atoms with E-state index in [0.717, 1.165) is 44.5 Å². The van der Waals surface area contributed by atoms with E-state index in [-0.39, 0.29) is 11.3 Å². The molecule has 0 radical (unpaired) electrons. The number of H-pyrrole nitrogens is 1. The Hall–Kier alpha value is -3.15. The molecule has 2 fully saturated rings. The molecule has 5 heterocycles. The lowest BCUT2D eigenvalue weighted by molar-refractivity contribution is 0.0480. The second kappa shape index (κ2) is 8.41. The number of rotatable bonds is 6. The zero-order valence-electron chi connectivity index (χ0n) is 17.2. The second-order valence-corrected chi connectivity index (χ2v) is 8.31. The standard InChI is InChI=1S/C20H23F3N8O/c21-13-10-29(11-13)9-12-1-4-30(5-2-12)16-3-6-31-19(27-16)14(7-25-31)20(32)26-15-8-24-28-17(15)18(22)23/h3,6-8,12-13,18H,1-2,4-5,9-11H2,(H,24,28)(H,26,32). The summed E-state index contributed by atoms with van der Waals surface area (Å²) in [6.45, 7) is 3.67. The van der Waals surface area contributed by atoms with Crippen LogP contribution in [0, 0.1) is 5.92 Å². The summed E-state index contributed by atoms with van der Waals surface area (Å²) in [5.41, 5.74) is -0.00374. The first-order valence-corrected chi connectivity index (χ1v) is 10.6. The Morgan fingerprint density at radius 2 is 2.03 bits per heavy atom. The minimum absolute atomic E-state index is 0.0798. The Labute approximate surface area is 181 Å². The van der Waals surface area contributed by atoms with Gasteiger partial charge in [-0.1, -0.05) is 0 Å². The predicted octanol–water partition coefficient (Wildman–Crippen LogP) is 2.51. The van der Waals surface area contributed by atoms with Gasteiger partial charge in [-0.15, -0.1) is 0 Å². The van der Waals surface area contributed by atoms with E-state index in [1.165, 1.54) is 10.7 Å². The van der Waals surface area contributed by atoms with Crippen LogP contribution in [0.15, 0.2) is 24.7 Å². The largest absolute Gasteiger partial charge is 0.356 e. The fourth-order valence-corrected chi connectivity index (χ4v) is 4.31. The molecule has 3 aromatic heterocycles. The van der Waals surface area contributed by atoms with Gasteiger partial charge in [-0.05, 0) is 24.8 Å². The van der Waals surface area contributed by atoms with Gasteiger partial charge in [0.25, 0.3) is 12.3 Å². The first-order chi connectivity index (χ1) is 15.5. The van der Waals surface area contributed by atoms with Crippen molar-refractivity contribution in [2.45, 2.75) is 25.4 Å². The number of alkyl halides is 3. The molecule has 2 saturated heterocycles. The van der Waals surface area contributed by atoms with Crippen LogP contribution in [0.2, 0.25) is 0 Å². The van der Waals surface area contributed by atoms with Crippen molar-refractivity contribution < 1.29 is 18.0 Å². The number of anilines is 2. The molecule has 0 unspecified atom stereocenters. The van der Waals surface area contributed by atoms with Crippen molar-refractivity contribution in [3.63, 3.8) is 0 Å². The van der Waals surface area contributed by atoms with Crippen molar-refractivity contribution in [1.29, 1.82) is 0 Å². The zero-order chi connectivity index (χ0) is 22.2. The van der Waals surface area contributed by atoms with E-state index in [4.69, 9.17) is 0 Å². The van der Waals surface area contributed by atoms with Crippen molar-refractivity contribution in [3.8, 4) is 0 Å². The van der Waals surface area contributed by atoms with Gasteiger partial charge in [-0.3, -0.25) is 14.8 Å². The van der Waals surface area contributed by atoms with Crippen molar-refractivity contribution in [3.05, 3.63) is 35.9 Å². The number of nitrogens with zero attached hydrogens (tertiary/aromatic N) is 6. The van der Waals surface area contributed by atoms with E-state index in [0.29, 0.717) is 24.7 Å². The Morgan fingerprint density at radius 1 is 1.25 bits per heavy atom. The molecule has 2 aliphatic rings. The number of hydrogen-bond acceptors (Lipinski definition) is 6. The third-order valence-electron chi connectivity index (χ3n) is 6.10. The molecular formula is C20H23F3N8O. The number of aromatic amines is 1. The number of hydrogen-bond donors (Lipinski definition) is 2. The molecule has 3 aromatic rings. The van der Waals surface area contributed by atoms with E-state index in [1.54, 1.807) is 6.20 Å². The minimum Gasteiger partial charge on any atom is -0.356 e. The highest BCUT2D eigenvalue weighted by molar-refractivity contribution is 6.08. The lowest BCUT2D eigenvalue weighted by Gasteiger charge is -2.40. The minimum atomic E-state index is -2.79. The summed E-state index contributed by atoms with van der Waals surface area (Å²) >= 11 is 0. The molecule has 9 nitrogen and oxygen atoms in total. The molecule has 0 atom stereocenters. The van der Waals surface area contributed by atoms with E-state index < -0.39 is 24.2 Å². The topological polar surface area (TPSA) is 94.4 Å². The van der Waals surface area contributed by atoms with Crippen molar-refractivity contribution in [2.75, 3.05) is 42.9 Å². The molecule has 0 aliphatic carbocycles. The van der Waals surface area contributed by atoms with E-state index in [9.17, 15) is 18.0 Å². The fourth-order valence-electron chi connectivity index (χ4n) is 4.31. The predicted molar refractivity (Wildman–Crippen MR) is 111 cm³/mol. The average molecular weight is 448 g/mol. The number of carbonyl (C=O) groups is 1. The fraction of sp³-hybridized carbons (Fsp3) is 0.500. The quantitative estimate of drug-likeness (QED) is 0.602. The summed E-state index contributed by atoms with van der Waals surface area (Å²) in [6, 6.07) is 1.84. The summed E-state index contributed by atoms with van der Waals surface area (Å²) in [4.78, 5) is 21.7. The summed E-state index contributed by atoms with van der Waals surface area (Å²) < 4.78 is 40.6. The van der Waals surface area contributed by atoms with Crippen molar-refractivity contribution >= 4 is 23.1 Å². The molecule has 0 saturated carbocycles. The van der Waals surface area contributed by atoms with Crippen LogP contribution in [0.1, 0.15) is 35.3 Å². The normalized spacial score (nSPS) is 18.4. The molecule has 0 aromatic carbocycles. The Balaban J connectivity index is 1.28. The van der Waals surface area contributed by atoms with Gasteiger partial charge in [0.15, 0.2) is 5.65 Å². The summed E-state index contributed by atoms with van der Waals surface area (Å²) in [7, 11) is 0. The molecule has 0 spiro atoms. The third-order valence-corrected chi connectivity index (χ3v) is 6.10. The highest BCUT2D eigenvalue weighted by Gasteiger charge is 2.30. The maximum atomic E-state index is 13.0.